The molecule has 1 aromatic carbocycles. The topological polar surface area (TPSA) is 50.2 Å². The van der Waals surface area contributed by atoms with E-state index in [9.17, 15) is 9.18 Å². The third-order valence-electron chi connectivity index (χ3n) is 2.41. The van der Waals surface area contributed by atoms with Gasteiger partial charge in [0.05, 0.1) is 6.42 Å². The molecule has 0 saturated heterocycles. The quantitative estimate of drug-likeness (QED) is 0.883. The number of halogens is 1. The van der Waals surface area contributed by atoms with Gasteiger partial charge in [-0.2, -0.15) is 0 Å². The summed E-state index contributed by atoms with van der Waals surface area (Å²) in [5.74, 6) is -1.53. The Morgan fingerprint density at radius 3 is 2.59 bits per heavy atom. The standard InChI is InChI=1S/C13H10FNO2/c14-13-10(8-12(16)17)2-1-3-11(13)9-4-6-15-7-5-9/h1-7H,8H2,(H,16,17). The van der Waals surface area contributed by atoms with Gasteiger partial charge in [0.15, 0.2) is 0 Å². The van der Waals surface area contributed by atoms with Crippen molar-refractivity contribution in [3.05, 3.63) is 54.1 Å². The van der Waals surface area contributed by atoms with Crippen LogP contribution in [0.2, 0.25) is 0 Å². The highest BCUT2D eigenvalue weighted by Crippen LogP contribution is 2.24. The van der Waals surface area contributed by atoms with Crippen molar-refractivity contribution in [1.82, 2.24) is 4.98 Å². The van der Waals surface area contributed by atoms with Gasteiger partial charge in [-0.25, -0.2) is 4.39 Å². The van der Waals surface area contributed by atoms with Crippen LogP contribution in [0.4, 0.5) is 4.39 Å². The molecule has 0 fully saturated rings. The van der Waals surface area contributed by atoms with Crippen LogP contribution < -0.4 is 0 Å². The van der Waals surface area contributed by atoms with E-state index in [-0.39, 0.29) is 12.0 Å². The largest absolute Gasteiger partial charge is 0.481 e. The zero-order valence-electron chi connectivity index (χ0n) is 8.93. The average Bonchev–Trinajstić information content (AvgIpc) is 2.32. The molecule has 0 aliphatic rings. The Balaban J connectivity index is 2.46. The van der Waals surface area contributed by atoms with Crippen LogP contribution in [-0.2, 0) is 11.2 Å². The highest BCUT2D eigenvalue weighted by Gasteiger charge is 2.11. The average molecular weight is 231 g/mol. The summed E-state index contributed by atoms with van der Waals surface area (Å²) in [4.78, 5) is 14.4. The van der Waals surface area contributed by atoms with E-state index in [2.05, 4.69) is 4.98 Å². The predicted octanol–water partition coefficient (Wildman–Crippen LogP) is 2.51. The third-order valence-corrected chi connectivity index (χ3v) is 2.41. The minimum Gasteiger partial charge on any atom is -0.481 e. The number of benzene rings is 1. The Morgan fingerprint density at radius 1 is 1.24 bits per heavy atom. The van der Waals surface area contributed by atoms with E-state index in [1.165, 1.54) is 6.07 Å². The minimum atomic E-state index is -1.05. The van der Waals surface area contributed by atoms with E-state index in [1.54, 1.807) is 36.7 Å². The summed E-state index contributed by atoms with van der Waals surface area (Å²) in [6.07, 6.45) is 2.82. The van der Waals surface area contributed by atoms with Crippen LogP contribution in [0.1, 0.15) is 5.56 Å². The normalized spacial score (nSPS) is 10.2. The van der Waals surface area contributed by atoms with E-state index in [0.29, 0.717) is 11.1 Å². The smallest absolute Gasteiger partial charge is 0.307 e. The molecule has 0 saturated carbocycles. The first-order chi connectivity index (χ1) is 8.18. The number of aliphatic carboxylic acids is 1. The van der Waals surface area contributed by atoms with Crippen LogP contribution in [-0.4, -0.2) is 16.1 Å². The van der Waals surface area contributed by atoms with Gasteiger partial charge in [-0.3, -0.25) is 9.78 Å². The van der Waals surface area contributed by atoms with Crippen LogP contribution in [0, 0.1) is 5.82 Å². The SMILES string of the molecule is O=C(O)Cc1cccc(-c2ccncc2)c1F. The van der Waals surface area contributed by atoms with Crippen molar-refractivity contribution >= 4 is 5.97 Å². The summed E-state index contributed by atoms with van der Waals surface area (Å²) < 4.78 is 14.0. The van der Waals surface area contributed by atoms with Gasteiger partial charge in [-0.1, -0.05) is 18.2 Å². The molecule has 0 atom stereocenters. The maximum absolute atomic E-state index is 14.0. The maximum atomic E-state index is 14.0. The van der Waals surface area contributed by atoms with Crippen molar-refractivity contribution < 1.29 is 14.3 Å². The Morgan fingerprint density at radius 2 is 1.94 bits per heavy atom. The molecule has 2 aromatic rings. The van der Waals surface area contributed by atoms with Gasteiger partial charge in [-0.15, -0.1) is 0 Å². The monoisotopic (exact) mass is 231 g/mol. The predicted molar refractivity (Wildman–Crippen MR) is 61.0 cm³/mol. The molecule has 0 aliphatic carbocycles. The van der Waals surface area contributed by atoms with Crippen LogP contribution in [0.3, 0.4) is 0 Å². The van der Waals surface area contributed by atoms with Crippen molar-refractivity contribution in [3.63, 3.8) is 0 Å². The highest BCUT2D eigenvalue weighted by atomic mass is 19.1. The number of pyridine rings is 1. The van der Waals surface area contributed by atoms with Crippen molar-refractivity contribution in [2.24, 2.45) is 0 Å². The van der Waals surface area contributed by atoms with Crippen molar-refractivity contribution in [2.75, 3.05) is 0 Å². The number of carbonyl (C=O) groups is 1. The fourth-order valence-corrected chi connectivity index (χ4v) is 1.63. The number of aromatic nitrogens is 1. The Kier molecular flexibility index (Phi) is 3.14. The minimum absolute atomic E-state index is 0.187. The van der Waals surface area contributed by atoms with E-state index < -0.39 is 11.8 Å². The molecule has 0 bridgehead atoms. The lowest BCUT2D eigenvalue weighted by atomic mass is 10.0. The second kappa shape index (κ2) is 4.74. The number of hydrogen-bond donors (Lipinski definition) is 1. The Hall–Kier alpha value is -2.23. The second-order valence-electron chi connectivity index (χ2n) is 3.59. The maximum Gasteiger partial charge on any atom is 0.307 e. The number of hydrogen-bond acceptors (Lipinski definition) is 2. The van der Waals surface area contributed by atoms with Crippen molar-refractivity contribution in [1.29, 1.82) is 0 Å². The van der Waals surface area contributed by atoms with Gasteiger partial charge in [0, 0.05) is 18.0 Å². The van der Waals surface area contributed by atoms with Gasteiger partial charge in [0.25, 0.3) is 0 Å². The van der Waals surface area contributed by atoms with E-state index in [4.69, 9.17) is 5.11 Å². The van der Waals surface area contributed by atoms with Gasteiger partial charge in [0.1, 0.15) is 5.82 Å². The molecule has 0 spiro atoms. The number of rotatable bonds is 3. The molecule has 2 rings (SSSR count). The molecular formula is C13H10FNO2. The zero-order valence-corrected chi connectivity index (χ0v) is 8.93. The summed E-state index contributed by atoms with van der Waals surface area (Å²) in [5, 5.41) is 8.68. The highest BCUT2D eigenvalue weighted by molar-refractivity contribution is 5.72. The van der Waals surface area contributed by atoms with Gasteiger partial charge in [0.2, 0.25) is 0 Å². The lowest BCUT2D eigenvalue weighted by Crippen LogP contribution is -2.03. The molecule has 3 nitrogen and oxygen atoms in total. The van der Waals surface area contributed by atoms with Crippen LogP contribution in [0.5, 0.6) is 0 Å². The molecule has 0 aliphatic heterocycles. The molecule has 4 heteroatoms. The molecule has 17 heavy (non-hydrogen) atoms. The fourth-order valence-electron chi connectivity index (χ4n) is 1.63. The third kappa shape index (κ3) is 2.47. The summed E-state index contributed by atoms with van der Waals surface area (Å²) in [6, 6.07) is 8.12. The lowest BCUT2D eigenvalue weighted by Gasteiger charge is -2.06. The molecule has 0 unspecified atom stereocenters. The summed E-state index contributed by atoms with van der Waals surface area (Å²) in [5.41, 5.74) is 1.27. The van der Waals surface area contributed by atoms with Gasteiger partial charge < -0.3 is 5.11 Å². The van der Waals surface area contributed by atoms with Crippen LogP contribution in [0.25, 0.3) is 11.1 Å². The molecule has 0 radical (unpaired) electrons. The number of carboxylic acid groups (broad SMARTS) is 1. The zero-order chi connectivity index (χ0) is 12.3. The molecule has 0 amide bonds. The Bertz CT molecular complexity index is 540. The summed E-state index contributed by atoms with van der Waals surface area (Å²) in [7, 11) is 0. The van der Waals surface area contributed by atoms with Gasteiger partial charge in [-0.05, 0) is 23.3 Å². The van der Waals surface area contributed by atoms with Gasteiger partial charge >= 0.3 is 5.97 Å². The Labute approximate surface area is 97.6 Å². The first-order valence-corrected chi connectivity index (χ1v) is 5.08. The first kappa shape index (κ1) is 11.3. The molecule has 86 valence electrons. The second-order valence-corrected chi connectivity index (χ2v) is 3.59. The fraction of sp³-hybridized carbons (Fsp3) is 0.0769. The van der Waals surface area contributed by atoms with Crippen molar-refractivity contribution in [3.8, 4) is 11.1 Å². The van der Waals surface area contributed by atoms with E-state index in [1.807, 2.05) is 0 Å². The van der Waals surface area contributed by atoms with E-state index in [0.717, 1.165) is 0 Å². The van der Waals surface area contributed by atoms with Crippen LogP contribution >= 0.6 is 0 Å². The summed E-state index contributed by atoms with van der Waals surface area (Å²) in [6.45, 7) is 0. The number of nitrogens with zero attached hydrogens (tertiary/aromatic N) is 1. The summed E-state index contributed by atoms with van der Waals surface area (Å²) >= 11 is 0. The molecule has 1 aromatic heterocycles. The van der Waals surface area contributed by atoms with Crippen molar-refractivity contribution in [2.45, 2.75) is 6.42 Å². The lowest BCUT2D eigenvalue weighted by molar-refractivity contribution is -0.136. The molecular weight excluding hydrogens is 221 g/mol. The molecule has 1 heterocycles. The first-order valence-electron chi connectivity index (χ1n) is 5.08. The van der Waals surface area contributed by atoms with E-state index >= 15 is 0 Å². The molecule has 1 N–H and O–H groups in total. The van der Waals surface area contributed by atoms with Crippen LogP contribution in [0.15, 0.2) is 42.7 Å². The number of carboxylic acids is 1.